The van der Waals surface area contributed by atoms with E-state index in [-0.39, 0.29) is 18.6 Å². The van der Waals surface area contributed by atoms with Gasteiger partial charge in [-0.25, -0.2) is 4.79 Å². The van der Waals surface area contributed by atoms with Crippen LogP contribution >= 0.6 is 0 Å². The Hall–Kier alpha value is -1.55. The molecule has 0 radical (unpaired) electrons. The molecule has 0 atom stereocenters. The van der Waals surface area contributed by atoms with Gasteiger partial charge < -0.3 is 15.2 Å². The van der Waals surface area contributed by atoms with Crippen molar-refractivity contribution in [2.45, 2.75) is 39.7 Å². The molecule has 20 heavy (non-hydrogen) atoms. The molecule has 1 aromatic carbocycles. The zero-order valence-corrected chi connectivity index (χ0v) is 12.4. The van der Waals surface area contributed by atoms with Gasteiger partial charge in [0.2, 0.25) is 0 Å². The molecule has 0 aliphatic heterocycles. The maximum Gasteiger partial charge on any atom is 0.407 e. The van der Waals surface area contributed by atoms with E-state index in [2.05, 4.69) is 19.2 Å². The minimum atomic E-state index is -0.405. The van der Waals surface area contributed by atoms with E-state index >= 15 is 0 Å². The van der Waals surface area contributed by atoms with Crippen LogP contribution in [0.15, 0.2) is 30.3 Å². The fraction of sp³-hybridized carbons (Fsp3) is 0.562. The normalized spacial score (nSPS) is 11.2. The van der Waals surface area contributed by atoms with Crippen LogP contribution in [0.3, 0.4) is 0 Å². The molecule has 0 aliphatic rings. The molecule has 0 bridgehead atoms. The number of aliphatic hydroxyl groups is 1. The van der Waals surface area contributed by atoms with Crippen molar-refractivity contribution in [3.8, 4) is 0 Å². The molecule has 2 N–H and O–H groups in total. The Bertz CT molecular complexity index is 388. The first-order chi connectivity index (χ1) is 9.65. The summed E-state index contributed by atoms with van der Waals surface area (Å²) in [5, 5.41) is 11.9. The monoisotopic (exact) mass is 279 g/mol. The van der Waals surface area contributed by atoms with Gasteiger partial charge in [0.25, 0.3) is 0 Å². The highest BCUT2D eigenvalue weighted by molar-refractivity contribution is 5.67. The number of ether oxygens (including phenoxy) is 1. The molecule has 0 fully saturated rings. The molecule has 0 aromatic heterocycles. The molecule has 0 saturated heterocycles. The van der Waals surface area contributed by atoms with Gasteiger partial charge in [0.05, 0.1) is 0 Å². The van der Waals surface area contributed by atoms with E-state index in [1.165, 1.54) is 0 Å². The highest BCUT2D eigenvalue weighted by atomic mass is 16.5. The van der Waals surface area contributed by atoms with E-state index in [1.54, 1.807) is 0 Å². The van der Waals surface area contributed by atoms with Gasteiger partial charge in [-0.05, 0) is 30.2 Å². The number of carbonyl (C=O) groups is 1. The van der Waals surface area contributed by atoms with Crippen molar-refractivity contribution in [1.29, 1.82) is 0 Å². The Balaban J connectivity index is 2.38. The van der Waals surface area contributed by atoms with E-state index in [0.29, 0.717) is 13.0 Å². The van der Waals surface area contributed by atoms with Crippen LogP contribution < -0.4 is 5.32 Å². The van der Waals surface area contributed by atoms with Crippen molar-refractivity contribution in [3.05, 3.63) is 35.9 Å². The minimum Gasteiger partial charge on any atom is -0.445 e. The van der Waals surface area contributed by atoms with Crippen LogP contribution in [0.1, 0.15) is 38.7 Å². The number of hydrogen-bond acceptors (Lipinski definition) is 3. The number of hydrogen-bond donors (Lipinski definition) is 2. The lowest BCUT2D eigenvalue weighted by molar-refractivity contribution is 0.123. The molecule has 0 unspecified atom stereocenters. The summed E-state index contributed by atoms with van der Waals surface area (Å²) in [6.07, 6.45) is 2.13. The molecule has 1 rings (SSSR count). The van der Waals surface area contributed by atoms with E-state index in [0.717, 1.165) is 18.4 Å². The summed E-state index contributed by atoms with van der Waals surface area (Å²) >= 11 is 0. The second-order valence-corrected chi connectivity index (χ2v) is 5.10. The van der Waals surface area contributed by atoms with Crippen LogP contribution in [0.5, 0.6) is 0 Å². The van der Waals surface area contributed by atoms with Crippen molar-refractivity contribution in [2.24, 2.45) is 5.41 Å². The standard InChI is InChI=1S/C16H25NO3/c1-3-16(4-2,10-11-18)13-17-15(19)20-12-14-8-6-5-7-9-14/h5-9,18H,3-4,10-13H2,1-2H3,(H,17,19). The number of alkyl carbamates (subject to hydrolysis) is 1. The van der Waals surface area contributed by atoms with Crippen molar-refractivity contribution in [2.75, 3.05) is 13.2 Å². The molecule has 112 valence electrons. The first kappa shape index (κ1) is 16.5. The predicted molar refractivity (Wildman–Crippen MR) is 79.3 cm³/mol. The van der Waals surface area contributed by atoms with Gasteiger partial charge in [-0.15, -0.1) is 0 Å². The summed E-state index contributed by atoms with van der Waals surface area (Å²) in [4.78, 5) is 11.7. The first-order valence-electron chi connectivity index (χ1n) is 7.21. The SMILES string of the molecule is CCC(CC)(CCO)CNC(=O)OCc1ccccc1. The molecule has 4 nitrogen and oxygen atoms in total. The van der Waals surface area contributed by atoms with Gasteiger partial charge in [-0.1, -0.05) is 44.2 Å². The van der Waals surface area contributed by atoms with Crippen molar-refractivity contribution < 1.29 is 14.6 Å². The number of rotatable bonds is 8. The largest absolute Gasteiger partial charge is 0.445 e. The Labute approximate surface area is 121 Å². The van der Waals surface area contributed by atoms with Gasteiger partial charge in [-0.3, -0.25) is 0 Å². The van der Waals surface area contributed by atoms with Crippen molar-refractivity contribution in [3.63, 3.8) is 0 Å². The topological polar surface area (TPSA) is 58.6 Å². The molecule has 4 heteroatoms. The second kappa shape index (κ2) is 8.59. The van der Waals surface area contributed by atoms with Crippen LogP contribution in [0.2, 0.25) is 0 Å². The van der Waals surface area contributed by atoms with E-state index in [9.17, 15) is 4.79 Å². The summed E-state index contributed by atoms with van der Waals surface area (Å²) < 4.78 is 5.18. The minimum absolute atomic E-state index is 0.0412. The number of amides is 1. The van der Waals surface area contributed by atoms with E-state index in [1.807, 2.05) is 30.3 Å². The van der Waals surface area contributed by atoms with Crippen molar-refractivity contribution >= 4 is 6.09 Å². The summed E-state index contributed by atoms with van der Waals surface area (Å²) in [5.74, 6) is 0. The average molecular weight is 279 g/mol. The third-order valence-electron chi connectivity index (χ3n) is 3.96. The highest BCUT2D eigenvalue weighted by Crippen LogP contribution is 2.29. The zero-order valence-electron chi connectivity index (χ0n) is 12.4. The molecule has 1 aromatic rings. The third-order valence-corrected chi connectivity index (χ3v) is 3.96. The van der Waals surface area contributed by atoms with Gasteiger partial charge in [0, 0.05) is 13.2 Å². The Morgan fingerprint density at radius 3 is 2.45 bits per heavy atom. The highest BCUT2D eigenvalue weighted by Gasteiger charge is 2.26. The third kappa shape index (κ3) is 5.21. The lowest BCUT2D eigenvalue weighted by Crippen LogP contribution is -2.37. The molecule has 0 spiro atoms. The lowest BCUT2D eigenvalue weighted by Gasteiger charge is -2.31. The first-order valence-corrected chi connectivity index (χ1v) is 7.21. The number of aliphatic hydroxyl groups excluding tert-OH is 1. The maximum atomic E-state index is 11.7. The maximum absolute atomic E-state index is 11.7. The van der Waals surface area contributed by atoms with Crippen LogP contribution in [0.4, 0.5) is 4.79 Å². The smallest absolute Gasteiger partial charge is 0.407 e. The van der Waals surface area contributed by atoms with Crippen LogP contribution in [0, 0.1) is 5.41 Å². The van der Waals surface area contributed by atoms with Crippen LogP contribution in [0.25, 0.3) is 0 Å². The fourth-order valence-electron chi connectivity index (χ4n) is 2.21. The molecular formula is C16H25NO3. The quantitative estimate of drug-likeness (QED) is 0.768. The van der Waals surface area contributed by atoms with Crippen LogP contribution in [-0.2, 0) is 11.3 Å². The summed E-state index contributed by atoms with van der Waals surface area (Å²) in [7, 11) is 0. The van der Waals surface area contributed by atoms with Crippen molar-refractivity contribution in [1.82, 2.24) is 5.32 Å². The van der Waals surface area contributed by atoms with Gasteiger partial charge >= 0.3 is 6.09 Å². The number of nitrogens with one attached hydrogen (secondary N) is 1. The van der Waals surface area contributed by atoms with E-state index < -0.39 is 6.09 Å². The van der Waals surface area contributed by atoms with Crippen LogP contribution in [-0.4, -0.2) is 24.4 Å². The summed E-state index contributed by atoms with van der Waals surface area (Å²) in [6, 6.07) is 9.59. The zero-order chi connectivity index (χ0) is 14.8. The summed E-state index contributed by atoms with van der Waals surface area (Å²) in [6.45, 7) is 5.11. The lowest BCUT2D eigenvalue weighted by atomic mass is 9.79. The Morgan fingerprint density at radius 1 is 1.25 bits per heavy atom. The molecule has 0 aliphatic carbocycles. The molecule has 0 saturated carbocycles. The van der Waals surface area contributed by atoms with Gasteiger partial charge in [0.15, 0.2) is 0 Å². The Morgan fingerprint density at radius 2 is 1.90 bits per heavy atom. The van der Waals surface area contributed by atoms with Gasteiger partial charge in [-0.2, -0.15) is 0 Å². The molecule has 1 amide bonds. The molecular weight excluding hydrogens is 254 g/mol. The Kier molecular flexibility index (Phi) is 7.09. The average Bonchev–Trinajstić information content (AvgIpc) is 2.50. The fourth-order valence-corrected chi connectivity index (χ4v) is 2.21. The predicted octanol–water partition coefficient (Wildman–Crippen LogP) is 3.10. The molecule has 0 heterocycles. The van der Waals surface area contributed by atoms with Gasteiger partial charge in [0.1, 0.15) is 6.61 Å². The number of benzene rings is 1. The number of carbonyl (C=O) groups excluding carboxylic acids is 1. The van der Waals surface area contributed by atoms with E-state index in [4.69, 9.17) is 9.84 Å². The summed E-state index contributed by atoms with van der Waals surface area (Å²) in [5.41, 5.74) is 0.927. The second-order valence-electron chi connectivity index (χ2n) is 5.10.